The van der Waals surface area contributed by atoms with Crippen molar-refractivity contribution in [1.82, 2.24) is 10.6 Å². The minimum absolute atomic E-state index is 0.145. The van der Waals surface area contributed by atoms with Gasteiger partial charge in [0.25, 0.3) is 0 Å². The summed E-state index contributed by atoms with van der Waals surface area (Å²) in [5.74, 6) is 0.151. The molecule has 1 amide bonds. The molecule has 112 valence electrons. The summed E-state index contributed by atoms with van der Waals surface area (Å²) in [6.07, 6.45) is 3.53. The molecule has 1 rings (SSSR count). The predicted molar refractivity (Wildman–Crippen MR) is 84.6 cm³/mol. The third kappa shape index (κ3) is 6.71. The van der Waals surface area contributed by atoms with Crippen molar-refractivity contribution in [3.63, 3.8) is 0 Å². The summed E-state index contributed by atoms with van der Waals surface area (Å²) < 4.78 is 0. The van der Waals surface area contributed by atoms with Crippen LogP contribution in [0.15, 0.2) is 30.3 Å². The van der Waals surface area contributed by atoms with Gasteiger partial charge in [0, 0.05) is 12.5 Å². The van der Waals surface area contributed by atoms with Crippen molar-refractivity contribution >= 4 is 5.91 Å². The van der Waals surface area contributed by atoms with E-state index in [4.69, 9.17) is 0 Å². The van der Waals surface area contributed by atoms with Crippen molar-refractivity contribution in [1.29, 1.82) is 0 Å². The van der Waals surface area contributed by atoms with Gasteiger partial charge in [-0.2, -0.15) is 0 Å². The molecule has 0 aliphatic heterocycles. The molecular weight excluding hydrogens is 248 g/mol. The van der Waals surface area contributed by atoms with Gasteiger partial charge in [-0.3, -0.25) is 4.79 Å². The van der Waals surface area contributed by atoms with Crippen molar-refractivity contribution in [2.75, 3.05) is 6.54 Å². The predicted octanol–water partition coefficient (Wildman–Crippen LogP) is 3.42. The van der Waals surface area contributed by atoms with Gasteiger partial charge in [0.15, 0.2) is 0 Å². The molecule has 20 heavy (non-hydrogen) atoms. The summed E-state index contributed by atoms with van der Waals surface area (Å²) in [5.41, 5.74) is 1.20. The summed E-state index contributed by atoms with van der Waals surface area (Å²) in [7, 11) is 0. The van der Waals surface area contributed by atoms with E-state index in [0.29, 0.717) is 12.5 Å². The Kier molecular flexibility index (Phi) is 7.97. The largest absolute Gasteiger partial charge is 0.349 e. The molecule has 3 heteroatoms. The first-order chi connectivity index (χ1) is 9.63. The number of carbonyl (C=O) groups is 1. The fraction of sp³-hybridized carbons (Fsp3) is 0.588. The number of hydrogen-bond acceptors (Lipinski definition) is 2. The topological polar surface area (TPSA) is 41.1 Å². The number of carbonyl (C=O) groups excluding carboxylic acids is 1. The number of rotatable bonds is 9. The maximum Gasteiger partial charge on any atom is 0.220 e. The second-order valence-corrected chi connectivity index (χ2v) is 5.53. The van der Waals surface area contributed by atoms with E-state index in [1.54, 1.807) is 0 Å². The van der Waals surface area contributed by atoms with Gasteiger partial charge in [0.2, 0.25) is 5.91 Å². The summed E-state index contributed by atoms with van der Waals surface area (Å²) in [6, 6.07) is 10.9. The van der Waals surface area contributed by atoms with Crippen LogP contribution in [-0.4, -0.2) is 18.5 Å². The molecule has 2 N–H and O–H groups in total. The Balaban J connectivity index is 2.40. The molecule has 3 nitrogen and oxygen atoms in total. The Morgan fingerprint density at radius 2 is 1.90 bits per heavy atom. The third-order valence-electron chi connectivity index (χ3n) is 3.25. The maximum absolute atomic E-state index is 12.0. The number of benzene rings is 1. The highest BCUT2D eigenvalue weighted by Crippen LogP contribution is 2.18. The van der Waals surface area contributed by atoms with Crippen molar-refractivity contribution in [3.05, 3.63) is 35.9 Å². The molecular formula is C17H28N2O. The summed E-state index contributed by atoms with van der Waals surface area (Å²) in [5, 5.41) is 6.49. The normalized spacial score (nSPS) is 12.4. The first-order valence-corrected chi connectivity index (χ1v) is 7.71. The fourth-order valence-corrected chi connectivity index (χ4v) is 2.20. The van der Waals surface area contributed by atoms with Crippen LogP contribution in [0.25, 0.3) is 0 Å². The van der Waals surface area contributed by atoms with Gasteiger partial charge in [-0.25, -0.2) is 0 Å². The molecule has 1 unspecified atom stereocenters. The Morgan fingerprint density at radius 3 is 2.50 bits per heavy atom. The molecule has 0 bridgehead atoms. The van der Waals surface area contributed by atoms with Crippen LogP contribution in [0.5, 0.6) is 0 Å². The van der Waals surface area contributed by atoms with E-state index in [1.165, 1.54) is 5.56 Å². The SMILES string of the molecule is CCCC(NC(=O)CCCNC(C)C)c1ccccc1. The molecule has 1 aromatic rings. The van der Waals surface area contributed by atoms with Gasteiger partial charge < -0.3 is 10.6 Å². The van der Waals surface area contributed by atoms with Gasteiger partial charge in [-0.15, -0.1) is 0 Å². The molecule has 0 heterocycles. The minimum atomic E-state index is 0.145. The molecule has 0 aliphatic carbocycles. The average Bonchev–Trinajstić information content (AvgIpc) is 2.44. The Morgan fingerprint density at radius 1 is 1.20 bits per heavy atom. The van der Waals surface area contributed by atoms with Crippen LogP contribution < -0.4 is 10.6 Å². The second-order valence-electron chi connectivity index (χ2n) is 5.53. The third-order valence-corrected chi connectivity index (χ3v) is 3.25. The number of hydrogen-bond donors (Lipinski definition) is 2. The fourth-order valence-electron chi connectivity index (χ4n) is 2.20. The standard InChI is InChI=1S/C17H28N2O/c1-4-9-16(15-10-6-5-7-11-15)19-17(20)12-8-13-18-14(2)3/h5-7,10-11,14,16,18H,4,8-9,12-13H2,1-3H3,(H,19,20). The van der Waals surface area contributed by atoms with Crippen molar-refractivity contribution in [2.24, 2.45) is 0 Å². The highest BCUT2D eigenvalue weighted by Gasteiger charge is 2.13. The van der Waals surface area contributed by atoms with Crippen LogP contribution in [0.1, 0.15) is 58.1 Å². The van der Waals surface area contributed by atoms with E-state index in [9.17, 15) is 4.79 Å². The molecule has 0 saturated heterocycles. The molecule has 0 aliphatic rings. The van der Waals surface area contributed by atoms with Crippen LogP contribution in [0.2, 0.25) is 0 Å². The molecule has 1 atom stereocenters. The van der Waals surface area contributed by atoms with Gasteiger partial charge in [-0.05, 0) is 24.9 Å². The zero-order valence-corrected chi connectivity index (χ0v) is 13.0. The number of nitrogens with one attached hydrogen (secondary N) is 2. The van der Waals surface area contributed by atoms with Crippen LogP contribution in [0.3, 0.4) is 0 Å². The van der Waals surface area contributed by atoms with Crippen LogP contribution >= 0.6 is 0 Å². The maximum atomic E-state index is 12.0. The van der Waals surface area contributed by atoms with Gasteiger partial charge in [0.05, 0.1) is 6.04 Å². The summed E-state index contributed by atoms with van der Waals surface area (Å²) >= 11 is 0. The van der Waals surface area contributed by atoms with Crippen LogP contribution in [0, 0.1) is 0 Å². The van der Waals surface area contributed by atoms with Crippen LogP contribution in [0.4, 0.5) is 0 Å². The highest BCUT2D eigenvalue weighted by atomic mass is 16.1. The van der Waals surface area contributed by atoms with E-state index >= 15 is 0 Å². The van der Waals surface area contributed by atoms with Gasteiger partial charge in [-0.1, -0.05) is 57.5 Å². The highest BCUT2D eigenvalue weighted by molar-refractivity contribution is 5.76. The summed E-state index contributed by atoms with van der Waals surface area (Å²) in [4.78, 5) is 12.0. The number of amides is 1. The zero-order chi connectivity index (χ0) is 14.8. The molecule has 1 aromatic carbocycles. The molecule has 0 radical (unpaired) electrons. The Hall–Kier alpha value is -1.35. The Labute approximate surface area is 123 Å². The lowest BCUT2D eigenvalue weighted by atomic mass is 10.0. The van der Waals surface area contributed by atoms with Gasteiger partial charge in [0.1, 0.15) is 0 Å². The Bertz CT molecular complexity index is 376. The second kappa shape index (κ2) is 9.54. The molecule has 0 spiro atoms. The van der Waals surface area contributed by atoms with Crippen molar-refractivity contribution in [2.45, 2.75) is 58.5 Å². The minimum Gasteiger partial charge on any atom is -0.349 e. The van der Waals surface area contributed by atoms with E-state index in [2.05, 4.69) is 43.5 Å². The first kappa shape index (κ1) is 16.7. The van der Waals surface area contributed by atoms with E-state index in [0.717, 1.165) is 25.8 Å². The molecule has 0 saturated carbocycles. The quantitative estimate of drug-likeness (QED) is 0.679. The first-order valence-electron chi connectivity index (χ1n) is 7.71. The van der Waals surface area contributed by atoms with E-state index in [-0.39, 0.29) is 11.9 Å². The lowest BCUT2D eigenvalue weighted by Gasteiger charge is -2.18. The van der Waals surface area contributed by atoms with Gasteiger partial charge >= 0.3 is 0 Å². The molecule has 0 aromatic heterocycles. The van der Waals surface area contributed by atoms with Crippen LogP contribution in [-0.2, 0) is 4.79 Å². The van der Waals surface area contributed by atoms with Crippen molar-refractivity contribution < 1.29 is 4.79 Å². The van der Waals surface area contributed by atoms with Crippen molar-refractivity contribution in [3.8, 4) is 0 Å². The lowest BCUT2D eigenvalue weighted by molar-refractivity contribution is -0.122. The molecule has 0 fully saturated rings. The summed E-state index contributed by atoms with van der Waals surface area (Å²) in [6.45, 7) is 7.28. The zero-order valence-electron chi connectivity index (χ0n) is 13.0. The van der Waals surface area contributed by atoms with E-state index in [1.807, 2.05) is 18.2 Å². The van der Waals surface area contributed by atoms with E-state index < -0.39 is 0 Å². The smallest absolute Gasteiger partial charge is 0.220 e. The monoisotopic (exact) mass is 276 g/mol. The lowest BCUT2D eigenvalue weighted by Crippen LogP contribution is -2.30. The average molecular weight is 276 g/mol.